The minimum atomic E-state index is -5.23. The number of alkyl halides is 6. The Morgan fingerprint density at radius 2 is 1.74 bits per heavy atom. The monoisotopic (exact) mass is 549 g/mol. The van der Waals surface area contributed by atoms with E-state index in [0.717, 1.165) is 6.07 Å². The van der Waals surface area contributed by atoms with E-state index in [9.17, 15) is 39.9 Å². The van der Waals surface area contributed by atoms with Crippen LogP contribution in [0.3, 0.4) is 0 Å². The predicted molar refractivity (Wildman–Crippen MR) is 114 cm³/mol. The third-order valence-electron chi connectivity index (χ3n) is 6.37. The number of esters is 1. The van der Waals surface area contributed by atoms with E-state index in [2.05, 4.69) is 20.8 Å². The molecule has 3 aromatic rings. The van der Waals surface area contributed by atoms with Crippen LogP contribution in [0.1, 0.15) is 41.3 Å². The molecule has 38 heavy (non-hydrogen) atoms. The summed E-state index contributed by atoms with van der Waals surface area (Å²) < 4.78 is 114. The minimum absolute atomic E-state index is 0.0440. The zero-order chi connectivity index (χ0) is 27.8. The van der Waals surface area contributed by atoms with Crippen molar-refractivity contribution in [2.45, 2.75) is 43.7 Å². The summed E-state index contributed by atoms with van der Waals surface area (Å²) in [6.07, 6.45) is -9.67. The first-order valence-corrected chi connectivity index (χ1v) is 11.1. The maximum Gasteiger partial charge on any atom is 0.453 e. The Kier molecular flexibility index (Phi) is 7.41. The van der Waals surface area contributed by atoms with Gasteiger partial charge in [0.05, 0.1) is 24.3 Å². The highest BCUT2D eigenvalue weighted by atomic mass is 19.4. The molecule has 1 fully saturated rings. The zero-order valence-corrected chi connectivity index (χ0v) is 19.4. The van der Waals surface area contributed by atoms with Crippen molar-refractivity contribution in [1.29, 1.82) is 0 Å². The summed E-state index contributed by atoms with van der Waals surface area (Å²) in [4.78, 5) is 12.4. The summed E-state index contributed by atoms with van der Waals surface area (Å²) in [5, 5.41) is 11.7. The van der Waals surface area contributed by atoms with Crippen molar-refractivity contribution < 1.29 is 44.7 Å². The Labute approximate surface area is 209 Å². The largest absolute Gasteiger partial charge is 0.469 e. The first-order valence-electron chi connectivity index (χ1n) is 11.1. The first kappa shape index (κ1) is 27.4. The van der Waals surface area contributed by atoms with Gasteiger partial charge in [-0.15, -0.1) is 5.10 Å². The lowest BCUT2D eigenvalue weighted by Gasteiger charge is -2.25. The van der Waals surface area contributed by atoms with Gasteiger partial charge in [-0.3, -0.25) is 4.79 Å². The van der Waals surface area contributed by atoms with Crippen molar-refractivity contribution in [3.05, 3.63) is 70.5 Å². The van der Waals surface area contributed by atoms with E-state index in [0.29, 0.717) is 18.4 Å². The van der Waals surface area contributed by atoms with Gasteiger partial charge in [-0.25, -0.2) is 8.78 Å². The molecule has 0 amide bonds. The molecule has 7 nitrogen and oxygen atoms in total. The molecule has 0 bridgehead atoms. The van der Waals surface area contributed by atoms with Crippen molar-refractivity contribution in [2.24, 2.45) is 5.92 Å². The smallest absolute Gasteiger partial charge is 0.453 e. The molecule has 0 unspecified atom stereocenters. The number of rotatable bonds is 6. The topological polar surface area (TPSA) is 81.9 Å². The number of hydrogen-bond donors (Lipinski definition) is 1. The number of benzene rings is 2. The van der Waals surface area contributed by atoms with Crippen LogP contribution in [0.4, 0.5) is 35.1 Å². The third-order valence-corrected chi connectivity index (χ3v) is 6.37. The quantitative estimate of drug-likeness (QED) is 0.352. The second-order valence-electron chi connectivity index (χ2n) is 8.65. The Balaban J connectivity index is 1.70. The van der Waals surface area contributed by atoms with Crippen LogP contribution in [-0.2, 0) is 28.4 Å². The highest BCUT2D eigenvalue weighted by molar-refractivity contribution is 5.74. The van der Waals surface area contributed by atoms with E-state index in [-0.39, 0.29) is 10.7 Å². The molecule has 1 aromatic heterocycles. The lowest BCUT2D eigenvalue weighted by molar-refractivity contribution is -0.147. The number of nitrogens with one attached hydrogen (secondary N) is 1. The van der Waals surface area contributed by atoms with Crippen LogP contribution in [0, 0.1) is 17.6 Å². The maximum atomic E-state index is 15.0. The molecular formula is C23H19F8N5O2. The van der Waals surface area contributed by atoms with E-state index < -0.39 is 77.0 Å². The fourth-order valence-corrected chi connectivity index (χ4v) is 4.70. The lowest BCUT2D eigenvalue weighted by Crippen LogP contribution is -2.34. The normalized spacial score (nSPS) is 20.1. The van der Waals surface area contributed by atoms with E-state index in [1.54, 1.807) is 0 Å². The van der Waals surface area contributed by atoms with Gasteiger partial charge >= 0.3 is 18.3 Å². The fraction of sp³-hybridized carbons (Fsp3) is 0.391. The average molecular weight is 549 g/mol. The minimum Gasteiger partial charge on any atom is -0.469 e. The highest BCUT2D eigenvalue weighted by Crippen LogP contribution is 2.41. The predicted octanol–water partition coefficient (Wildman–Crippen LogP) is 4.80. The van der Waals surface area contributed by atoms with E-state index in [1.165, 1.54) is 31.4 Å². The zero-order valence-electron chi connectivity index (χ0n) is 19.4. The summed E-state index contributed by atoms with van der Waals surface area (Å²) in [5.41, 5.74) is -2.60. The summed E-state index contributed by atoms with van der Waals surface area (Å²) in [6, 6.07) is 5.66. The molecule has 1 aliphatic rings. The van der Waals surface area contributed by atoms with Gasteiger partial charge in [0, 0.05) is 24.1 Å². The SMILES string of the molecule is COC(=O)[C@H]1CC[C@H](NCc2cc(-n3nnnc3C(F)(F)F)cc(C(F)(F)F)c2F)[C@@H]1c1ccc(F)cc1. The summed E-state index contributed by atoms with van der Waals surface area (Å²) in [5.74, 6) is -5.70. The molecular weight excluding hydrogens is 530 g/mol. The molecule has 0 spiro atoms. The lowest BCUT2D eigenvalue weighted by atomic mass is 9.86. The second-order valence-corrected chi connectivity index (χ2v) is 8.65. The Bertz CT molecular complexity index is 1310. The van der Waals surface area contributed by atoms with Gasteiger partial charge in [-0.05, 0) is 53.1 Å². The first-order chi connectivity index (χ1) is 17.8. The van der Waals surface area contributed by atoms with Gasteiger partial charge in [0.1, 0.15) is 11.6 Å². The number of methoxy groups -OCH3 is 1. The van der Waals surface area contributed by atoms with Crippen molar-refractivity contribution in [2.75, 3.05) is 7.11 Å². The number of carbonyl (C=O) groups is 1. The van der Waals surface area contributed by atoms with Crippen molar-refractivity contribution in [3.63, 3.8) is 0 Å². The Morgan fingerprint density at radius 3 is 2.34 bits per heavy atom. The molecule has 1 heterocycles. The molecule has 3 atom stereocenters. The molecule has 1 saturated carbocycles. The molecule has 4 rings (SSSR count). The molecule has 0 aliphatic heterocycles. The molecule has 0 radical (unpaired) electrons. The van der Waals surface area contributed by atoms with Crippen molar-refractivity contribution in [1.82, 2.24) is 25.5 Å². The number of aromatic nitrogens is 4. The van der Waals surface area contributed by atoms with Crippen LogP contribution in [0.2, 0.25) is 0 Å². The fourth-order valence-electron chi connectivity index (χ4n) is 4.70. The number of halogens is 8. The van der Waals surface area contributed by atoms with Gasteiger partial charge in [0.25, 0.3) is 5.82 Å². The van der Waals surface area contributed by atoms with Crippen LogP contribution in [-0.4, -0.2) is 39.3 Å². The van der Waals surface area contributed by atoms with Gasteiger partial charge in [0.2, 0.25) is 0 Å². The van der Waals surface area contributed by atoms with E-state index >= 15 is 0 Å². The van der Waals surface area contributed by atoms with Gasteiger partial charge < -0.3 is 10.1 Å². The average Bonchev–Trinajstić information content (AvgIpc) is 3.50. The molecule has 1 N–H and O–H groups in total. The number of tetrazole rings is 1. The van der Waals surface area contributed by atoms with E-state index in [1.807, 2.05) is 0 Å². The van der Waals surface area contributed by atoms with Crippen molar-refractivity contribution in [3.8, 4) is 5.69 Å². The van der Waals surface area contributed by atoms with Crippen LogP contribution in [0.5, 0.6) is 0 Å². The van der Waals surface area contributed by atoms with Crippen LogP contribution >= 0.6 is 0 Å². The highest BCUT2D eigenvalue weighted by Gasteiger charge is 2.43. The summed E-state index contributed by atoms with van der Waals surface area (Å²) >= 11 is 0. The summed E-state index contributed by atoms with van der Waals surface area (Å²) in [7, 11) is 1.19. The molecule has 15 heteroatoms. The second kappa shape index (κ2) is 10.3. The van der Waals surface area contributed by atoms with Crippen LogP contribution in [0.15, 0.2) is 36.4 Å². The number of hydrogen-bond acceptors (Lipinski definition) is 6. The molecule has 2 aromatic carbocycles. The maximum absolute atomic E-state index is 15.0. The van der Waals surface area contributed by atoms with Crippen LogP contribution < -0.4 is 5.32 Å². The van der Waals surface area contributed by atoms with Crippen molar-refractivity contribution >= 4 is 5.97 Å². The number of nitrogens with zero attached hydrogens (tertiary/aromatic N) is 4. The van der Waals surface area contributed by atoms with E-state index in [4.69, 9.17) is 4.74 Å². The summed E-state index contributed by atoms with van der Waals surface area (Å²) in [6.45, 7) is -0.539. The number of carbonyl (C=O) groups excluding carboxylic acids is 1. The molecule has 0 saturated heterocycles. The number of ether oxygens (including phenoxy) is 1. The Hall–Kier alpha value is -3.62. The third kappa shape index (κ3) is 5.47. The molecule has 204 valence electrons. The van der Waals surface area contributed by atoms with Gasteiger partial charge in [-0.1, -0.05) is 12.1 Å². The van der Waals surface area contributed by atoms with Gasteiger partial charge in [-0.2, -0.15) is 31.0 Å². The molecule has 1 aliphatic carbocycles. The van der Waals surface area contributed by atoms with Crippen LogP contribution in [0.25, 0.3) is 5.69 Å². The van der Waals surface area contributed by atoms with Gasteiger partial charge in [0.15, 0.2) is 0 Å². The Morgan fingerprint density at radius 1 is 1.05 bits per heavy atom. The standard InChI is InChI=1S/C23H19F8N5O2/c1-38-20(37)15-6-7-17(18(15)11-2-4-13(24)5-3-11)32-10-12-8-14(9-16(19(12)25)22(26,27)28)36-21(23(29,30)31)33-34-35-36/h2-5,8-9,15,17-18,32H,6-7,10H2,1H3/t15-,17-,18+/m0/s1.